The number of methoxy groups -OCH3 is 1. The van der Waals surface area contributed by atoms with Crippen molar-refractivity contribution in [1.29, 1.82) is 0 Å². The zero-order valence-corrected chi connectivity index (χ0v) is 25.8. The number of nitrogens with zero attached hydrogens (tertiary/aromatic N) is 3. The number of aliphatic hydroxyl groups is 1. The van der Waals surface area contributed by atoms with Crippen molar-refractivity contribution < 1.29 is 35.4 Å². The van der Waals surface area contributed by atoms with Gasteiger partial charge in [0.2, 0.25) is 14.2 Å². The first-order valence-electron chi connectivity index (χ1n) is 13.1. The molecule has 1 aliphatic rings. The standard InChI is InChI=1S/C31H36FN3O3Si.Co/c1-7-35-28-16-15-23(37-3)20-26(28)31(2,21-22-11-10-12-24(19-22)38-39(4,5)6)29(35)17-18-33-34-30(36)25-13-8-9-14-27(25)32;/h8-20H,7,21H2,1-6H3,(H,34,36);/b29-17-,33-18+;. The van der Waals surface area contributed by atoms with E-state index in [4.69, 9.17) is 9.16 Å². The predicted molar refractivity (Wildman–Crippen MR) is 160 cm³/mol. The summed E-state index contributed by atoms with van der Waals surface area (Å²) in [6.07, 6.45) is 4.17. The summed E-state index contributed by atoms with van der Waals surface area (Å²) in [4.78, 5) is 2.25. The molecule has 1 aliphatic heterocycles. The van der Waals surface area contributed by atoms with Crippen LogP contribution in [0.25, 0.3) is 0 Å². The molecule has 3 aromatic carbocycles. The van der Waals surface area contributed by atoms with Crippen LogP contribution in [-0.4, -0.2) is 39.2 Å². The number of rotatable bonds is 9. The number of hydrogen-bond donors (Lipinski definition) is 1. The fraction of sp³-hybridized carbons (Fsp3) is 0.290. The first-order valence-corrected chi connectivity index (χ1v) is 16.5. The third kappa shape index (κ3) is 6.83. The van der Waals surface area contributed by atoms with E-state index in [-0.39, 0.29) is 22.3 Å². The number of hydrogen-bond acceptors (Lipinski definition) is 5. The van der Waals surface area contributed by atoms with Crippen LogP contribution in [0.1, 0.15) is 30.5 Å². The molecule has 0 saturated carbocycles. The number of aliphatic hydroxyl groups excluding tert-OH is 1. The molecule has 0 saturated heterocycles. The Balaban J connectivity index is 0.00000441. The number of benzene rings is 3. The van der Waals surface area contributed by atoms with Gasteiger partial charge in [0, 0.05) is 40.1 Å². The maximum atomic E-state index is 14.0. The second kappa shape index (κ2) is 12.8. The molecule has 1 atom stereocenters. The van der Waals surface area contributed by atoms with Crippen LogP contribution in [0.4, 0.5) is 10.1 Å². The first-order chi connectivity index (χ1) is 18.6. The number of likely N-dealkylation sites (N-methyl/N-ethyl adjacent to an activating group) is 1. The fourth-order valence-electron chi connectivity index (χ4n) is 5.05. The molecule has 0 fully saturated rings. The molecule has 0 aliphatic carbocycles. The molecule has 3 aromatic rings. The Morgan fingerprint density at radius 1 is 1.05 bits per heavy atom. The average molecular weight is 605 g/mol. The molecule has 0 aromatic heterocycles. The van der Waals surface area contributed by atoms with Crippen LogP contribution in [0.15, 0.2) is 88.7 Å². The maximum absolute atomic E-state index is 14.0. The topological polar surface area (TPSA) is 66.7 Å². The van der Waals surface area contributed by atoms with Crippen LogP contribution < -0.4 is 14.1 Å². The van der Waals surface area contributed by atoms with Crippen LogP contribution in [0.3, 0.4) is 0 Å². The van der Waals surface area contributed by atoms with Crippen LogP contribution in [-0.2, 0) is 28.6 Å². The minimum absolute atomic E-state index is 0. The second-order valence-electron chi connectivity index (χ2n) is 10.7. The maximum Gasteiger partial charge on any atom is 0.242 e. The molecular weight excluding hydrogens is 568 g/mol. The summed E-state index contributed by atoms with van der Waals surface area (Å²) in [5.41, 5.74) is 4.03. The van der Waals surface area contributed by atoms with Gasteiger partial charge >= 0.3 is 0 Å². The molecule has 213 valence electrons. The molecule has 1 heterocycles. The molecule has 0 bridgehead atoms. The van der Waals surface area contributed by atoms with E-state index in [1.165, 1.54) is 12.1 Å². The van der Waals surface area contributed by atoms with E-state index in [9.17, 15) is 9.50 Å². The smallest absolute Gasteiger partial charge is 0.242 e. The van der Waals surface area contributed by atoms with Gasteiger partial charge in [-0.1, -0.05) is 24.3 Å². The van der Waals surface area contributed by atoms with E-state index < -0.39 is 25.4 Å². The summed E-state index contributed by atoms with van der Waals surface area (Å²) in [5, 5.41) is 18.1. The van der Waals surface area contributed by atoms with Crippen LogP contribution in [0.2, 0.25) is 19.6 Å². The summed E-state index contributed by atoms with van der Waals surface area (Å²) in [7, 11) is -0.0806. The van der Waals surface area contributed by atoms with Crippen molar-refractivity contribution in [2.24, 2.45) is 10.2 Å². The Morgan fingerprint density at radius 2 is 1.80 bits per heavy atom. The van der Waals surface area contributed by atoms with E-state index in [1.54, 1.807) is 25.5 Å². The molecule has 1 unspecified atom stereocenters. The summed E-state index contributed by atoms with van der Waals surface area (Å²) in [6, 6.07) is 20.4. The minimum Gasteiger partial charge on any atom is -0.544 e. The van der Waals surface area contributed by atoms with Gasteiger partial charge in [0.25, 0.3) is 0 Å². The van der Waals surface area contributed by atoms with Crippen molar-refractivity contribution in [2.75, 3.05) is 18.6 Å². The van der Waals surface area contributed by atoms with Gasteiger partial charge in [0.1, 0.15) is 17.3 Å². The Bertz CT molecular complexity index is 1440. The third-order valence-corrected chi connectivity index (χ3v) is 7.56. The van der Waals surface area contributed by atoms with Crippen molar-refractivity contribution in [3.63, 3.8) is 0 Å². The van der Waals surface area contributed by atoms with Crippen LogP contribution in [0.5, 0.6) is 11.5 Å². The van der Waals surface area contributed by atoms with Gasteiger partial charge in [-0.25, -0.2) is 4.39 Å². The van der Waals surface area contributed by atoms with Crippen molar-refractivity contribution in [2.45, 2.75) is 45.3 Å². The number of fused-ring (bicyclic) bond motifs is 1. The Hall–Kier alpha value is -3.41. The molecular formula is C31H36CoFN3O3Si. The number of allylic oxidation sites excluding steroid dienone is 2. The molecule has 40 heavy (non-hydrogen) atoms. The Kier molecular flexibility index (Phi) is 9.99. The quantitative estimate of drug-likeness (QED) is 0.121. The molecule has 4 rings (SSSR count). The van der Waals surface area contributed by atoms with Crippen molar-refractivity contribution in [1.82, 2.24) is 0 Å². The number of ether oxygens (including phenoxy) is 1. The van der Waals surface area contributed by atoms with Crippen molar-refractivity contribution in [3.8, 4) is 11.5 Å². The summed E-state index contributed by atoms with van der Waals surface area (Å²) < 4.78 is 25.9. The second-order valence-corrected chi connectivity index (χ2v) is 15.1. The van der Waals surface area contributed by atoms with Gasteiger partial charge in [-0.15, -0.1) is 5.10 Å². The predicted octanol–water partition coefficient (Wildman–Crippen LogP) is 7.26. The number of halogens is 1. The van der Waals surface area contributed by atoms with E-state index in [0.717, 1.165) is 47.0 Å². The van der Waals surface area contributed by atoms with E-state index in [1.807, 2.05) is 24.3 Å². The van der Waals surface area contributed by atoms with Gasteiger partial charge in [-0.3, -0.25) is 0 Å². The van der Waals surface area contributed by atoms with Crippen LogP contribution >= 0.6 is 0 Å². The SMILES string of the molecule is CCN1\C(=C/C=N/N=C(\O)c2ccccc2F)C(C)(Cc2cccc(O[Si](C)(C)C)c2)c2cc(OC)ccc21.[Co]. The van der Waals surface area contributed by atoms with Crippen LogP contribution in [0, 0.1) is 5.82 Å². The molecule has 1 radical (unpaired) electrons. The number of anilines is 1. The zero-order valence-electron chi connectivity index (χ0n) is 23.7. The molecule has 1 N–H and O–H groups in total. The van der Waals surface area contributed by atoms with E-state index in [2.05, 4.69) is 72.9 Å². The molecule has 9 heteroatoms. The fourth-order valence-corrected chi connectivity index (χ4v) is 5.89. The molecule has 6 nitrogen and oxygen atoms in total. The summed E-state index contributed by atoms with van der Waals surface area (Å²) in [5.74, 6) is 0.645. The molecule has 0 amide bonds. The normalized spacial score (nSPS) is 18.1. The Morgan fingerprint density at radius 3 is 2.48 bits per heavy atom. The Labute approximate surface area is 247 Å². The first kappa shape index (κ1) is 31.1. The van der Waals surface area contributed by atoms with Crippen molar-refractivity contribution >= 4 is 26.1 Å². The van der Waals surface area contributed by atoms with Gasteiger partial charge in [-0.2, -0.15) is 5.10 Å². The molecule has 0 spiro atoms. The van der Waals surface area contributed by atoms with E-state index in [0.29, 0.717) is 0 Å². The van der Waals surface area contributed by atoms with Gasteiger partial charge in [-0.05, 0) is 99.6 Å². The average Bonchev–Trinajstić information content (AvgIpc) is 3.12. The third-order valence-electron chi connectivity index (χ3n) is 6.71. The van der Waals surface area contributed by atoms with Gasteiger partial charge in [0.05, 0.1) is 18.9 Å². The minimum atomic E-state index is -1.75. The zero-order chi connectivity index (χ0) is 28.2. The van der Waals surface area contributed by atoms with Gasteiger partial charge < -0.3 is 19.2 Å². The van der Waals surface area contributed by atoms with E-state index >= 15 is 0 Å². The summed E-state index contributed by atoms with van der Waals surface area (Å²) in [6.45, 7) is 11.6. The van der Waals surface area contributed by atoms with Crippen molar-refractivity contribution in [3.05, 3.63) is 101 Å². The summed E-state index contributed by atoms with van der Waals surface area (Å²) >= 11 is 0. The van der Waals surface area contributed by atoms with Gasteiger partial charge in [0.15, 0.2) is 0 Å². The largest absolute Gasteiger partial charge is 0.544 e. The monoisotopic (exact) mass is 604 g/mol.